The van der Waals surface area contributed by atoms with Gasteiger partial charge in [-0.25, -0.2) is 9.97 Å². The average Bonchev–Trinajstić information content (AvgIpc) is 2.63. The van der Waals surface area contributed by atoms with Crippen LogP contribution >= 0.6 is 0 Å². The maximum atomic E-state index is 11.0. The van der Waals surface area contributed by atoms with Crippen LogP contribution in [0.25, 0.3) is 0 Å². The summed E-state index contributed by atoms with van der Waals surface area (Å²) in [6, 6.07) is 12.3. The minimum Gasteiger partial charge on any atom is -0.481 e. The van der Waals surface area contributed by atoms with E-state index >= 15 is 0 Å². The number of anilines is 2. The predicted molar refractivity (Wildman–Crippen MR) is 93.2 cm³/mol. The van der Waals surface area contributed by atoms with Gasteiger partial charge < -0.3 is 15.3 Å². The molecule has 0 spiro atoms. The predicted octanol–water partition coefficient (Wildman–Crippen LogP) is 2.43. The van der Waals surface area contributed by atoms with Crippen LogP contribution in [-0.4, -0.2) is 40.7 Å². The van der Waals surface area contributed by atoms with Gasteiger partial charge in [-0.2, -0.15) is 0 Å². The van der Waals surface area contributed by atoms with Gasteiger partial charge in [0.15, 0.2) is 0 Å². The zero-order valence-electron chi connectivity index (χ0n) is 13.6. The molecule has 6 heteroatoms. The monoisotopic (exact) mass is 326 g/mol. The number of hydrogen-bond donors (Lipinski definition) is 2. The molecule has 2 aromatic rings. The molecule has 1 saturated heterocycles. The largest absolute Gasteiger partial charge is 0.481 e. The maximum absolute atomic E-state index is 11.0. The minimum absolute atomic E-state index is 0.230. The van der Waals surface area contributed by atoms with E-state index in [0.29, 0.717) is 12.8 Å². The highest BCUT2D eigenvalue weighted by Gasteiger charge is 2.25. The summed E-state index contributed by atoms with van der Waals surface area (Å²) >= 11 is 0. The molecule has 0 atom stereocenters. The number of nitrogens with one attached hydrogen (secondary N) is 1. The van der Waals surface area contributed by atoms with E-state index in [0.717, 1.165) is 37.7 Å². The van der Waals surface area contributed by atoms with Crippen LogP contribution in [0.3, 0.4) is 0 Å². The van der Waals surface area contributed by atoms with Crippen molar-refractivity contribution < 1.29 is 9.90 Å². The number of nitrogens with zero attached hydrogens (tertiary/aromatic N) is 3. The summed E-state index contributed by atoms with van der Waals surface area (Å²) in [5.41, 5.74) is 1.29. The molecule has 0 radical (unpaired) electrons. The summed E-state index contributed by atoms with van der Waals surface area (Å²) in [6.45, 7) is 2.25. The molecule has 2 heterocycles. The van der Waals surface area contributed by atoms with Gasteiger partial charge in [0.05, 0.1) is 5.92 Å². The zero-order valence-corrected chi connectivity index (χ0v) is 13.6. The van der Waals surface area contributed by atoms with E-state index in [9.17, 15) is 4.79 Å². The van der Waals surface area contributed by atoms with E-state index < -0.39 is 5.97 Å². The fraction of sp³-hybridized carbons (Fsp3) is 0.389. The van der Waals surface area contributed by atoms with Crippen LogP contribution < -0.4 is 10.2 Å². The van der Waals surface area contributed by atoms with Crippen LogP contribution in [0.5, 0.6) is 0 Å². The number of aromatic nitrogens is 2. The molecule has 3 rings (SSSR count). The van der Waals surface area contributed by atoms with Crippen LogP contribution in [0.4, 0.5) is 11.6 Å². The van der Waals surface area contributed by atoms with Crippen molar-refractivity contribution in [2.24, 2.45) is 5.92 Å². The quantitative estimate of drug-likeness (QED) is 0.849. The summed E-state index contributed by atoms with van der Waals surface area (Å²) in [7, 11) is 0. The molecule has 0 saturated carbocycles. The van der Waals surface area contributed by atoms with Gasteiger partial charge in [-0.05, 0) is 24.8 Å². The highest BCUT2D eigenvalue weighted by molar-refractivity contribution is 5.70. The van der Waals surface area contributed by atoms with Crippen LogP contribution in [0.1, 0.15) is 18.4 Å². The third kappa shape index (κ3) is 4.22. The van der Waals surface area contributed by atoms with Gasteiger partial charge in [-0.15, -0.1) is 0 Å². The Morgan fingerprint density at radius 3 is 2.67 bits per heavy atom. The summed E-state index contributed by atoms with van der Waals surface area (Å²) in [6.07, 6.45) is 3.82. The van der Waals surface area contributed by atoms with Crippen LogP contribution in [0.15, 0.2) is 42.7 Å². The topological polar surface area (TPSA) is 78.4 Å². The van der Waals surface area contributed by atoms with Gasteiger partial charge in [-0.3, -0.25) is 4.79 Å². The highest BCUT2D eigenvalue weighted by Crippen LogP contribution is 2.22. The number of piperidine rings is 1. The van der Waals surface area contributed by atoms with Crippen LogP contribution in [0.2, 0.25) is 0 Å². The van der Waals surface area contributed by atoms with Crippen molar-refractivity contribution in [3.63, 3.8) is 0 Å². The molecule has 1 aliphatic heterocycles. The zero-order chi connectivity index (χ0) is 16.8. The molecule has 6 nitrogen and oxygen atoms in total. The van der Waals surface area contributed by atoms with Gasteiger partial charge in [-0.1, -0.05) is 30.3 Å². The standard InChI is InChI=1S/C18H22N4O2/c23-18(24)15-7-10-22(11-8-15)17-12-16(20-13-21-17)19-9-6-14-4-2-1-3-5-14/h1-5,12-13,15H,6-11H2,(H,23,24)(H,19,20,21). The Bertz CT molecular complexity index is 670. The van der Waals surface area contributed by atoms with Crippen molar-refractivity contribution >= 4 is 17.6 Å². The lowest BCUT2D eigenvalue weighted by Gasteiger charge is -2.31. The van der Waals surface area contributed by atoms with Crippen molar-refractivity contribution in [2.75, 3.05) is 29.9 Å². The number of carbonyl (C=O) groups is 1. The summed E-state index contributed by atoms with van der Waals surface area (Å²) in [5.74, 6) is 0.736. The minimum atomic E-state index is -0.694. The van der Waals surface area contributed by atoms with E-state index in [4.69, 9.17) is 5.11 Å². The van der Waals surface area contributed by atoms with E-state index in [1.807, 2.05) is 24.3 Å². The molecule has 0 aliphatic carbocycles. The number of benzene rings is 1. The van der Waals surface area contributed by atoms with E-state index in [-0.39, 0.29) is 5.92 Å². The Morgan fingerprint density at radius 1 is 1.21 bits per heavy atom. The molecule has 0 amide bonds. The molecule has 126 valence electrons. The molecule has 0 bridgehead atoms. The fourth-order valence-electron chi connectivity index (χ4n) is 2.95. The fourth-order valence-corrected chi connectivity index (χ4v) is 2.95. The normalized spacial score (nSPS) is 15.2. The molecule has 0 unspecified atom stereocenters. The lowest BCUT2D eigenvalue weighted by molar-refractivity contribution is -0.142. The molecular formula is C18H22N4O2. The first kappa shape index (κ1) is 16.2. The van der Waals surface area contributed by atoms with Gasteiger partial charge in [0.25, 0.3) is 0 Å². The Labute approximate surface area is 141 Å². The number of aliphatic carboxylic acids is 1. The third-order valence-corrected chi connectivity index (χ3v) is 4.38. The Morgan fingerprint density at radius 2 is 1.96 bits per heavy atom. The van der Waals surface area contributed by atoms with Gasteiger partial charge >= 0.3 is 5.97 Å². The lowest BCUT2D eigenvalue weighted by Crippen LogP contribution is -2.36. The Kier molecular flexibility index (Phi) is 5.25. The summed E-state index contributed by atoms with van der Waals surface area (Å²) < 4.78 is 0. The summed E-state index contributed by atoms with van der Waals surface area (Å²) in [5, 5.41) is 12.4. The first-order chi connectivity index (χ1) is 11.7. The smallest absolute Gasteiger partial charge is 0.306 e. The summed E-state index contributed by atoms with van der Waals surface area (Å²) in [4.78, 5) is 21.8. The van der Waals surface area contributed by atoms with E-state index in [1.165, 1.54) is 5.56 Å². The van der Waals surface area contributed by atoms with Crippen molar-refractivity contribution in [1.29, 1.82) is 0 Å². The first-order valence-corrected chi connectivity index (χ1v) is 8.30. The number of carboxylic acid groups (broad SMARTS) is 1. The van der Waals surface area contributed by atoms with E-state index in [1.54, 1.807) is 6.33 Å². The molecule has 1 aromatic heterocycles. The lowest BCUT2D eigenvalue weighted by atomic mass is 9.97. The SMILES string of the molecule is O=C(O)C1CCN(c2cc(NCCc3ccccc3)ncn2)CC1. The molecule has 2 N–H and O–H groups in total. The first-order valence-electron chi connectivity index (χ1n) is 8.30. The number of rotatable bonds is 6. The second-order valence-corrected chi connectivity index (χ2v) is 6.02. The van der Waals surface area contributed by atoms with E-state index in [2.05, 4.69) is 32.3 Å². The number of carboxylic acids is 1. The van der Waals surface area contributed by atoms with Crippen molar-refractivity contribution in [1.82, 2.24) is 9.97 Å². The third-order valence-electron chi connectivity index (χ3n) is 4.38. The molecule has 24 heavy (non-hydrogen) atoms. The molecule has 1 aromatic carbocycles. The van der Waals surface area contributed by atoms with Crippen molar-refractivity contribution in [3.05, 3.63) is 48.3 Å². The second kappa shape index (κ2) is 7.77. The van der Waals surface area contributed by atoms with Crippen molar-refractivity contribution in [3.8, 4) is 0 Å². The van der Waals surface area contributed by atoms with Crippen LogP contribution in [-0.2, 0) is 11.2 Å². The Balaban J connectivity index is 1.53. The average molecular weight is 326 g/mol. The maximum Gasteiger partial charge on any atom is 0.306 e. The molecule has 1 fully saturated rings. The Hall–Kier alpha value is -2.63. The second-order valence-electron chi connectivity index (χ2n) is 6.02. The van der Waals surface area contributed by atoms with Gasteiger partial charge in [0.1, 0.15) is 18.0 Å². The van der Waals surface area contributed by atoms with Gasteiger partial charge in [0.2, 0.25) is 0 Å². The van der Waals surface area contributed by atoms with Gasteiger partial charge in [0, 0.05) is 25.7 Å². The number of hydrogen-bond acceptors (Lipinski definition) is 5. The molecular weight excluding hydrogens is 304 g/mol. The molecule has 1 aliphatic rings. The van der Waals surface area contributed by atoms with Crippen molar-refractivity contribution in [2.45, 2.75) is 19.3 Å². The highest BCUT2D eigenvalue weighted by atomic mass is 16.4. The van der Waals surface area contributed by atoms with Crippen LogP contribution in [0, 0.1) is 5.92 Å².